The van der Waals surface area contributed by atoms with Crippen LogP contribution in [0.5, 0.6) is 0 Å². The fourth-order valence-corrected chi connectivity index (χ4v) is 2.53. The Balaban J connectivity index is 2.13. The van der Waals surface area contributed by atoms with Crippen LogP contribution in [0, 0.1) is 0 Å². The van der Waals surface area contributed by atoms with E-state index in [9.17, 15) is 9.59 Å². The maximum Gasteiger partial charge on any atom is 0.404 e. The summed E-state index contributed by atoms with van der Waals surface area (Å²) in [6, 6.07) is 0. The van der Waals surface area contributed by atoms with Gasteiger partial charge in [0.2, 0.25) is 0 Å². The second-order valence-corrected chi connectivity index (χ2v) is 6.27. The minimum absolute atomic E-state index is 0.0970. The molecule has 1 saturated heterocycles. The van der Waals surface area contributed by atoms with E-state index in [-0.39, 0.29) is 17.6 Å². The molecule has 116 valence electrons. The molecule has 1 aliphatic heterocycles. The van der Waals surface area contributed by atoms with Crippen molar-refractivity contribution >= 4 is 12.0 Å². The van der Waals surface area contributed by atoms with E-state index in [1.54, 1.807) is 17.4 Å². The highest BCUT2D eigenvalue weighted by Gasteiger charge is 2.29. The molecule has 1 atom stereocenters. The van der Waals surface area contributed by atoms with Crippen molar-refractivity contribution in [3.8, 4) is 0 Å². The molecule has 0 saturated carbocycles. The SMILES string of the molecule is CC(C)(C)n1cncc1C(=O)N1CCCC(OC(N)=O)C1. The van der Waals surface area contributed by atoms with Crippen LogP contribution < -0.4 is 5.73 Å². The van der Waals surface area contributed by atoms with Crippen LogP contribution in [-0.4, -0.2) is 45.6 Å². The van der Waals surface area contributed by atoms with Crippen molar-refractivity contribution in [2.75, 3.05) is 13.1 Å². The van der Waals surface area contributed by atoms with E-state index in [0.717, 1.165) is 12.8 Å². The number of carbonyl (C=O) groups excluding carboxylic acids is 2. The van der Waals surface area contributed by atoms with Crippen LogP contribution in [0.25, 0.3) is 0 Å². The van der Waals surface area contributed by atoms with Crippen molar-refractivity contribution < 1.29 is 14.3 Å². The number of nitrogens with two attached hydrogens (primary N) is 1. The summed E-state index contributed by atoms with van der Waals surface area (Å²) in [5.74, 6) is -0.0970. The molecule has 0 bridgehead atoms. The monoisotopic (exact) mass is 294 g/mol. The van der Waals surface area contributed by atoms with Gasteiger partial charge in [-0.05, 0) is 33.6 Å². The van der Waals surface area contributed by atoms with Crippen LogP contribution in [0.4, 0.5) is 4.79 Å². The van der Waals surface area contributed by atoms with Gasteiger partial charge in [-0.15, -0.1) is 0 Å². The molecule has 1 unspecified atom stereocenters. The number of imidazole rings is 1. The van der Waals surface area contributed by atoms with Crippen LogP contribution in [0.2, 0.25) is 0 Å². The van der Waals surface area contributed by atoms with Crippen LogP contribution >= 0.6 is 0 Å². The van der Waals surface area contributed by atoms with Crippen LogP contribution in [0.1, 0.15) is 44.1 Å². The molecule has 2 heterocycles. The van der Waals surface area contributed by atoms with Crippen molar-refractivity contribution in [3.05, 3.63) is 18.2 Å². The van der Waals surface area contributed by atoms with E-state index in [0.29, 0.717) is 18.8 Å². The first-order valence-corrected chi connectivity index (χ1v) is 7.07. The zero-order valence-corrected chi connectivity index (χ0v) is 12.7. The van der Waals surface area contributed by atoms with Crippen molar-refractivity contribution in [3.63, 3.8) is 0 Å². The highest BCUT2D eigenvalue weighted by Crippen LogP contribution is 2.20. The topological polar surface area (TPSA) is 90.4 Å². The second kappa shape index (κ2) is 5.75. The Labute approximate surface area is 124 Å². The van der Waals surface area contributed by atoms with Gasteiger partial charge < -0.3 is 19.9 Å². The molecule has 2 N–H and O–H groups in total. The van der Waals surface area contributed by atoms with Crippen molar-refractivity contribution in [2.24, 2.45) is 5.73 Å². The molecular formula is C14H22N4O3. The summed E-state index contributed by atoms with van der Waals surface area (Å²) in [6.45, 7) is 7.06. The maximum atomic E-state index is 12.7. The van der Waals surface area contributed by atoms with Gasteiger partial charge >= 0.3 is 6.09 Å². The van der Waals surface area contributed by atoms with E-state index >= 15 is 0 Å². The van der Waals surface area contributed by atoms with Crippen molar-refractivity contribution in [2.45, 2.75) is 45.3 Å². The van der Waals surface area contributed by atoms with Gasteiger partial charge in [0.15, 0.2) is 0 Å². The summed E-state index contributed by atoms with van der Waals surface area (Å²) in [6.07, 6.45) is 3.62. The Kier molecular flexibility index (Phi) is 4.20. The summed E-state index contributed by atoms with van der Waals surface area (Å²) < 4.78 is 6.86. The molecule has 0 aromatic carbocycles. The molecule has 2 rings (SSSR count). The molecule has 1 fully saturated rings. The molecule has 7 heteroatoms. The van der Waals surface area contributed by atoms with Crippen molar-refractivity contribution in [1.29, 1.82) is 0 Å². The number of likely N-dealkylation sites (tertiary alicyclic amines) is 1. The number of rotatable bonds is 2. The Bertz CT molecular complexity index is 533. The number of hydrogen-bond acceptors (Lipinski definition) is 4. The Morgan fingerprint density at radius 1 is 1.43 bits per heavy atom. The Hall–Kier alpha value is -2.05. The molecular weight excluding hydrogens is 272 g/mol. The van der Waals surface area contributed by atoms with Crippen LogP contribution in [-0.2, 0) is 10.3 Å². The highest BCUT2D eigenvalue weighted by atomic mass is 16.6. The van der Waals surface area contributed by atoms with E-state index in [4.69, 9.17) is 10.5 Å². The summed E-state index contributed by atoms with van der Waals surface area (Å²) in [5.41, 5.74) is 5.36. The molecule has 0 aliphatic carbocycles. The lowest BCUT2D eigenvalue weighted by Crippen LogP contribution is -2.45. The zero-order valence-electron chi connectivity index (χ0n) is 12.7. The van der Waals surface area contributed by atoms with E-state index in [1.807, 2.05) is 25.3 Å². The summed E-state index contributed by atoms with van der Waals surface area (Å²) >= 11 is 0. The largest absolute Gasteiger partial charge is 0.445 e. The molecule has 1 aromatic rings. The van der Waals surface area contributed by atoms with Gasteiger partial charge in [0.05, 0.1) is 19.1 Å². The minimum atomic E-state index is -0.797. The molecule has 1 aromatic heterocycles. The third-order valence-corrected chi connectivity index (χ3v) is 3.53. The van der Waals surface area contributed by atoms with Gasteiger partial charge in [-0.1, -0.05) is 0 Å². The Morgan fingerprint density at radius 3 is 2.76 bits per heavy atom. The third kappa shape index (κ3) is 3.53. The summed E-state index contributed by atoms with van der Waals surface area (Å²) in [4.78, 5) is 29.3. The number of aromatic nitrogens is 2. The Morgan fingerprint density at radius 2 is 2.14 bits per heavy atom. The fourth-order valence-electron chi connectivity index (χ4n) is 2.53. The maximum absolute atomic E-state index is 12.7. The van der Waals surface area contributed by atoms with E-state index in [2.05, 4.69) is 4.98 Å². The zero-order chi connectivity index (χ0) is 15.6. The van der Waals surface area contributed by atoms with Gasteiger partial charge in [-0.25, -0.2) is 9.78 Å². The number of hydrogen-bond donors (Lipinski definition) is 1. The van der Waals surface area contributed by atoms with Gasteiger partial charge in [-0.3, -0.25) is 4.79 Å². The normalized spacial score (nSPS) is 19.4. The quantitative estimate of drug-likeness (QED) is 0.891. The lowest BCUT2D eigenvalue weighted by Gasteiger charge is -2.33. The van der Waals surface area contributed by atoms with Crippen LogP contribution in [0.3, 0.4) is 0 Å². The fraction of sp³-hybridized carbons (Fsp3) is 0.643. The molecule has 0 spiro atoms. The smallest absolute Gasteiger partial charge is 0.404 e. The number of nitrogens with zero attached hydrogens (tertiary/aromatic N) is 3. The van der Waals surface area contributed by atoms with Gasteiger partial charge in [-0.2, -0.15) is 0 Å². The van der Waals surface area contributed by atoms with Gasteiger partial charge in [0.25, 0.3) is 5.91 Å². The predicted molar refractivity (Wildman–Crippen MR) is 76.8 cm³/mol. The lowest BCUT2D eigenvalue weighted by molar-refractivity contribution is 0.0363. The van der Waals surface area contributed by atoms with E-state index in [1.165, 1.54) is 0 Å². The molecule has 1 aliphatic rings. The molecule has 7 nitrogen and oxygen atoms in total. The molecule has 2 amide bonds. The average molecular weight is 294 g/mol. The van der Waals surface area contributed by atoms with Gasteiger partial charge in [0.1, 0.15) is 11.8 Å². The standard InChI is InChI=1S/C14H22N4O3/c1-14(2,3)18-9-16-7-11(18)12(19)17-6-4-5-10(8-17)21-13(15)20/h7,9-10H,4-6,8H2,1-3H3,(H2,15,20). The first-order chi connectivity index (χ1) is 9.79. The average Bonchev–Trinajstić information content (AvgIpc) is 2.86. The predicted octanol–water partition coefficient (Wildman–Crippen LogP) is 1.34. The number of amides is 2. The molecule has 21 heavy (non-hydrogen) atoms. The van der Waals surface area contributed by atoms with Gasteiger partial charge in [0, 0.05) is 12.1 Å². The number of piperidine rings is 1. The number of carbonyl (C=O) groups is 2. The highest BCUT2D eigenvalue weighted by molar-refractivity contribution is 5.92. The summed E-state index contributed by atoms with van der Waals surface area (Å²) in [7, 11) is 0. The second-order valence-electron chi connectivity index (χ2n) is 6.27. The minimum Gasteiger partial charge on any atom is -0.445 e. The number of ether oxygens (including phenoxy) is 1. The first kappa shape index (κ1) is 15.3. The van der Waals surface area contributed by atoms with Crippen molar-refractivity contribution in [1.82, 2.24) is 14.5 Å². The van der Waals surface area contributed by atoms with E-state index < -0.39 is 6.09 Å². The van der Waals surface area contributed by atoms with Crippen LogP contribution in [0.15, 0.2) is 12.5 Å². The molecule has 0 radical (unpaired) electrons. The lowest BCUT2D eigenvalue weighted by atomic mass is 10.1. The summed E-state index contributed by atoms with van der Waals surface area (Å²) in [5, 5.41) is 0. The first-order valence-electron chi connectivity index (χ1n) is 7.07. The number of primary amides is 1. The third-order valence-electron chi connectivity index (χ3n) is 3.53.